The highest BCUT2D eigenvalue weighted by atomic mass is 32.2. The number of nitrogens with zero attached hydrogens (tertiary/aromatic N) is 1. The van der Waals surface area contributed by atoms with E-state index in [4.69, 9.17) is 0 Å². The first-order valence-corrected chi connectivity index (χ1v) is 4.93. The Morgan fingerprint density at radius 1 is 1.69 bits per heavy atom. The SMILES string of the molecule is CCSc1cc(C(=O)OC)ccn1. The molecule has 0 N–H and O–H groups in total. The molecule has 0 aliphatic heterocycles. The molecule has 0 fully saturated rings. The predicted molar refractivity (Wildman–Crippen MR) is 52.0 cm³/mol. The van der Waals surface area contributed by atoms with E-state index >= 15 is 0 Å². The van der Waals surface area contributed by atoms with Gasteiger partial charge in [-0.05, 0) is 17.9 Å². The van der Waals surface area contributed by atoms with E-state index in [9.17, 15) is 4.79 Å². The minimum Gasteiger partial charge on any atom is -0.465 e. The third kappa shape index (κ3) is 2.73. The molecule has 0 radical (unpaired) electrons. The minimum absolute atomic E-state index is 0.319. The fourth-order valence-electron chi connectivity index (χ4n) is 0.881. The van der Waals surface area contributed by atoms with E-state index in [1.54, 1.807) is 30.1 Å². The van der Waals surface area contributed by atoms with Crippen molar-refractivity contribution >= 4 is 17.7 Å². The van der Waals surface area contributed by atoms with Gasteiger partial charge in [0.2, 0.25) is 0 Å². The first-order chi connectivity index (χ1) is 6.27. The molecule has 1 aromatic rings. The van der Waals surface area contributed by atoms with E-state index in [1.807, 2.05) is 6.92 Å². The molecule has 1 heterocycles. The maximum Gasteiger partial charge on any atom is 0.337 e. The van der Waals surface area contributed by atoms with E-state index < -0.39 is 0 Å². The number of ether oxygens (including phenoxy) is 1. The van der Waals surface area contributed by atoms with Gasteiger partial charge in [-0.15, -0.1) is 11.8 Å². The van der Waals surface area contributed by atoms with Crippen LogP contribution in [0, 0.1) is 0 Å². The Balaban J connectivity index is 2.85. The smallest absolute Gasteiger partial charge is 0.337 e. The number of pyridine rings is 1. The van der Waals surface area contributed by atoms with Crippen molar-refractivity contribution in [1.82, 2.24) is 4.98 Å². The first kappa shape index (κ1) is 10.1. The molecule has 0 spiro atoms. The van der Waals surface area contributed by atoms with Gasteiger partial charge in [0.05, 0.1) is 17.7 Å². The average Bonchev–Trinajstić information content (AvgIpc) is 2.18. The van der Waals surface area contributed by atoms with Gasteiger partial charge in [-0.3, -0.25) is 0 Å². The van der Waals surface area contributed by atoms with Gasteiger partial charge in [0.1, 0.15) is 0 Å². The van der Waals surface area contributed by atoms with Crippen molar-refractivity contribution in [3.63, 3.8) is 0 Å². The molecular formula is C9H11NO2S. The van der Waals surface area contributed by atoms with Crippen LogP contribution in [-0.2, 0) is 4.74 Å². The van der Waals surface area contributed by atoms with Crippen molar-refractivity contribution in [2.75, 3.05) is 12.9 Å². The number of carbonyl (C=O) groups is 1. The summed E-state index contributed by atoms with van der Waals surface area (Å²) < 4.78 is 4.59. The van der Waals surface area contributed by atoms with Gasteiger partial charge in [0.25, 0.3) is 0 Å². The Bertz CT molecular complexity index is 301. The summed E-state index contributed by atoms with van der Waals surface area (Å²) in [6.07, 6.45) is 1.62. The monoisotopic (exact) mass is 197 g/mol. The molecule has 0 aromatic carbocycles. The Morgan fingerprint density at radius 3 is 3.08 bits per heavy atom. The van der Waals surface area contributed by atoms with Crippen LogP contribution in [0.15, 0.2) is 23.4 Å². The molecule has 0 aliphatic rings. The van der Waals surface area contributed by atoms with Gasteiger partial charge >= 0.3 is 5.97 Å². The molecule has 1 rings (SSSR count). The summed E-state index contributed by atoms with van der Waals surface area (Å²) in [6.45, 7) is 2.04. The highest BCUT2D eigenvalue weighted by Gasteiger charge is 2.05. The van der Waals surface area contributed by atoms with Crippen molar-refractivity contribution in [2.24, 2.45) is 0 Å². The van der Waals surface area contributed by atoms with Crippen LogP contribution in [0.2, 0.25) is 0 Å². The normalized spacial score (nSPS) is 9.69. The second-order valence-corrected chi connectivity index (χ2v) is 3.59. The third-order valence-electron chi connectivity index (χ3n) is 1.45. The molecule has 0 amide bonds. The summed E-state index contributed by atoms with van der Waals surface area (Å²) in [5.74, 6) is 0.623. The minimum atomic E-state index is -0.319. The molecule has 0 bridgehead atoms. The van der Waals surface area contributed by atoms with Gasteiger partial charge in [-0.1, -0.05) is 6.92 Å². The van der Waals surface area contributed by atoms with Gasteiger partial charge in [-0.2, -0.15) is 0 Å². The van der Waals surface area contributed by atoms with E-state index in [0.29, 0.717) is 5.56 Å². The molecule has 0 atom stereocenters. The van der Waals surface area contributed by atoms with Crippen LogP contribution >= 0.6 is 11.8 Å². The zero-order chi connectivity index (χ0) is 9.68. The molecule has 1 aromatic heterocycles. The predicted octanol–water partition coefficient (Wildman–Crippen LogP) is 1.98. The molecule has 4 heteroatoms. The number of hydrogen-bond acceptors (Lipinski definition) is 4. The van der Waals surface area contributed by atoms with Crippen molar-refractivity contribution in [3.8, 4) is 0 Å². The lowest BCUT2D eigenvalue weighted by Crippen LogP contribution is -2.01. The molecule has 0 aliphatic carbocycles. The summed E-state index contributed by atoms with van der Waals surface area (Å²) >= 11 is 1.60. The molecule has 3 nitrogen and oxygen atoms in total. The average molecular weight is 197 g/mol. The van der Waals surface area contributed by atoms with Gasteiger partial charge in [0.15, 0.2) is 0 Å². The van der Waals surface area contributed by atoms with Crippen molar-refractivity contribution < 1.29 is 9.53 Å². The lowest BCUT2D eigenvalue weighted by molar-refractivity contribution is 0.0600. The molecule has 0 saturated heterocycles. The molecule has 0 unspecified atom stereocenters. The van der Waals surface area contributed by atoms with E-state index in [1.165, 1.54) is 7.11 Å². The fraction of sp³-hybridized carbons (Fsp3) is 0.333. The number of hydrogen-bond donors (Lipinski definition) is 0. The van der Waals surface area contributed by atoms with Gasteiger partial charge < -0.3 is 4.74 Å². The Hall–Kier alpha value is -1.03. The molecule has 0 saturated carbocycles. The highest BCUT2D eigenvalue weighted by Crippen LogP contribution is 2.15. The summed E-state index contributed by atoms with van der Waals surface area (Å²) in [5, 5.41) is 0.852. The fourth-order valence-corrected chi connectivity index (χ4v) is 1.52. The van der Waals surface area contributed by atoms with Crippen molar-refractivity contribution in [3.05, 3.63) is 23.9 Å². The Kier molecular flexibility index (Phi) is 3.76. The largest absolute Gasteiger partial charge is 0.465 e. The topological polar surface area (TPSA) is 39.2 Å². The highest BCUT2D eigenvalue weighted by molar-refractivity contribution is 7.99. The lowest BCUT2D eigenvalue weighted by atomic mass is 10.3. The van der Waals surface area contributed by atoms with Crippen LogP contribution in [0.3, 0.4) is 0 Å². The zero-order valence-electron chi connectivity index (χ0n) is 7.61. The van der Waals surface area contributed by atoms with Crippen molar-refractivity contribution in [2.45, 2.75) is 11.9 Å². The summed E-state index contributed by atoms with van der Waals surface area (Å²) in [4.78, 5) is 15.2. The quantitative estimate of drug-likeness (QED) is 0.548. The second kappa shape index (κ2) is 4.87. The maximum atomic E-state index is 11.1. The molecular weight excluding hydrogens is 186 g/mol. The number of carbonyl (C=O) groups excluding carboxylic acids is 1. The van der Waals surface area contributed by atoms with Crippen LogP contribution in [0.5, 0.6) is 0 Å². The van der Waals surface area contributed by atoms with Gasteiger partial charge in [0, 0.05) is 6.20 Å². The standard InChI is InChI=1S/C9H11NO2S/c1-3-13-8-6-7(4-5-10-8)9(11)12-2/h4-6H,3H2,1-2H3. The van der Waals surface area contributed by atoms with Crippen LogP contribution in [0.4, 0.5) is 0 Å². The zero-order valence-corrected chi connectivity index (χ0v) is 8.43. The van der Waals surface area contributed by atoms with Crippen LogP contribution in [0.25, 0.3) is 0 Å². The van der Waals surface area contributed by atoms with Crippen LogP contribution in [-0.4, -0.2) is 23.8 Å². The van der Waals surface area contributed by atoms with E-state index in [2.05, 4.69) is 9.72 Å². The summed E-state index contributed by atoms with van der Waals surface area (Å²) in [7, 11) is 1.37. The van der Waals surface area contributed by atoms with Gasteiger partial charge in [-0.25, -0.2) is 9.78 Å². The number of rotatable bonds is 3. The number of esters is 1. The van der Waals surface area contributed by atoms with E-state index in [-0.39, 0.29) is 5.97 Å². The Labute approximate surface area is 81.5 Å². The third-order valence-corrected chi connectivity index (χ3v) is 2.26. The lowest BCUT2D eigenvalue weighted by Gasteiger charge is -2.00. The Morgan fingerprint density at radius 2 is 2.46 bits per heavy atom. The van der Waals surface area contributed by atoms with Crippen LogP contribution < -0.4 is 0 Å². The number of thioether (sulfide) groups is 1. The summed E-state index contributed by atoms with van der Waals surface area (Å²) in [5.41, 5.74) is 0.549. The molecule has 13 heavy (non-hydrogen) atoms. The first-order valence-electron chi connectivity index (χ1n) is 3.95. The molecule has 70 valence electrons. The van der Waals surface area contributed by atoms with Crippen LogP contribution in [0.1, 0.15) is 17.3 Å². The maximum absolute atomic E-state index is 11.1. The number of aromatic nitrogens is 1. The second-order valence-electron chi connectivity index (χ2n) is 2.31. The summed E-state index contributed by atoms with van der Waals surface area (Å²) in [6, 6.07) is 3.38. The van der Waals surface area contributed by atoms with Crippen molar-refractivity contribution in [1.29, 1.82) is 0 Å². The number of methoxy groups -OCH3 is 1. The van der Waals surface area contributed by atoms with E-state index in [0.717, 1.165) is 10.8 Å².